The molecule has 3 aromatic rings. The number of hydrogen-bond donors (Lipinski definition) is 1. The lowest BCUT2D eigenvalue weighted by molar-refractivity contribution is -0.136. The highest BCUT2D eigenvalue weighted by molar-refractivity contribution is 6.05. The van der Waals surface area contributed by atoms with E-state index >= 15 is 0 Å². The van der Waals surface area contributed by atoms with E-state index in [1.165, 1.54) is 22.3 Å². The molecule has 1 spiro atoms. The van der Waals surface area contributed by atoms with Crippen LogP contribution in [-0.2, 0) is 28.1 Å². The minimum absolute atomic E-state index is 0.0438. The third kappa shape index (κ3) is 4.12. The Morgan fingerprint density at radius 2 is 1.72 bits per heavy atom. The number of rotatable bonds is 4. The number of imide groups is 1. The maximum atomic E-state index is 13.2. The van der Waals surface area contributed by atoms with Gasteiger partial charge in [0.05, 0.1) is 13.2 Å². The number of likely N-dealkylation sites (tertiary alicyclic amines) is 1. The fourth-order valence-corrected chi connectivity index (χ4v) is 6.77. The topological polar surface area (TPSA) is 79.0 Å². The standard InChI is InChI=1S/C32H31N3O4/c36-28-12-11-27(30(37)33-28)35-19-25-24(31(35)38)9-10-26-29(25)39-20-32(26)13-15-34(16-14-32)18-21-5-4-8-23(17-21)22-6-2-1-3-7-22/h1-10,17,27H,11-16,18-20H2,(H,33,36,37). The summed E-state index contributed by atoms with van der Waals surface area (Å²) in [6.45, 7) is 3.87. The third-order valence-corrected chi connectivity index (χ3v) is 8.98. The molecule has 4 heterocycles. The zero-order valence-corrected chi connectivity index (χ0v) is 21.8. The molecule has 2 fully saturated rings. The van der Waals surface area contributed by atoms with Gasteiger partial charge in [0, 0.05) is 35.1 Å². The van der Waals surface area contributed by atoms with Crippen LogP contribution in [0, 0.1) is 0 Å². The highest BCUT2D eigenvalue weighted by Crippen LogP contribution is 2.49. The maximum Gasteiger partial charge on any atom is 0.255 e. The number of carbonyl (C=O) groups is 3. The summed E-state index contributed by atoms with van der Waals surface area (Å²) >= 11 is 0. The SMILES string of the molecule is O=C1CCC(N2Cc3c(ccc4c3OCC43CCN(Cc4cccc(-c5ccccc5)c4)CC3)C2=O)C(=O)N1. The van der Waals surface area contributed by atoms with Crippen molar-refractivity contribution in [2.24, 2.45) is 0 Å². The molecule has 0 saturated carbocycles. The van der Waals surface area contributed by atoms with Crippen molar-refractivity contribution in [2.75, 3.05) is 19.7 Å². The molecule has 2 saturated heterocycles. The number of carbonyl (C=O) groups excluding carboxylic acids is 3. The van der Waals surface area contributed by atoms with Crippen molar-refractivity contribution in [1.29, 1.82) is 0 Å². The van der Waals surface area contributed by atoms with Crippen molar-refractivity contribution in [3.8, 4) is 16.9 Å². The summed E-state index contributed by atoms with van der Waals surface area (Å²) in [4.78, 5) is 41.4. The zero-order chi connectivity index (χ0) is 26.6. The quantitative estimate of drug-likeness (QED) is 0.525. The van der Waals surface area contributed by atoms with Gasteiger partial charge in [0.1, 0.15) is 11.8 Å². The summed E-state index contributed by atoms with van der Waals surface area (Å²) in [5.74, 6) is 0.0176. The predicted octanol–water partition coefficient (Wildman–Crippen LogP) is 4.04. The number of benzene rings is 3. The van der Waals surface area contributed by atoms with E-state index in [1.54, 1.807) is 4.90 Å². The number of amides is 3. The fourth-order valence-electron chi connectivity index (χ4n) is 6.77. The molecule has 0 aromatic heterocycles. The molecule has 198 valence electrons. The van der Waals surface area contributed by atoms with Crippen molar-refractivity contribution in [1.82, 2.24) is 15.1 Å². The Labute approximate surface area is 227 Å². The first kappa shape index (κ1) is 24.1. The van der Waals surface area contributed by atoms with Crippen LogP contribution >= 0.6 is 0 Å². The van der Waals surface area contributed by atoms with Gasteiger partial charge in [0.15, 0.2) is 0 Å². The van der Waals surface area contributed by atoms with Gasteiger partial charge < -0.3 is 9.64 Å². The molecular weight excluding hydrogens is 490 g/mol. The van der Waals surface area contributed by atoms with Gasteiger partial charge in [0.2, 0.25) is 11.8 Å². The van der Waals surface area contributed by atoms with E-state index in [-0.39, 0.29) is 29.6 Å². The summed E-state index contributed by atoms with van der Waals surface area (Å²) < 4.78 is 6.33. The van der Waals surface area contributed by atoms with Gasteiger partial charge in [-0.1, -0.05) is 54.6 Å². The van der Waals surface area contributed by atoms with Crippen LogP contribution in [0.2, 0.25) is 0 Å². The van der Waals surface area contributed by atoms with Gasteiger partial charge in [-0.3, -0.25) is 24.6 Å². The van der Waals surface area contributed by atoms with Gasteiger partial charge in [-0.15, -0.1) is 0 Å². The number of nitrogens with zero attached hydrogens (tertiary/aromatic N) is 2. The summed E-state index contributed by atoms with van der Waals surface area (Å²) in [5.41, 5.74) is 6.46. The average molecular weight is 522 g/mol. The minimum atomic E-state index is -0.614. The van der Waals surface area contributed by atoms with E-state index in [4.69, 9.17) is 4.74 Å². The van der Waals surface area contributed by atoms with Gasteiger partial charge >= 0.3 is 0 Å². The van der Waals surface area contributed by atoms with Crippen molar-refractivity contribution in [3.63, 3.8) is 0 Å². The van der Waals surface area contributed by atoms with Crippen LogP contribution < -0.4 is 10.1 Å². The number of ether oxygens (including phenoxy) is 1. The van der Waals surface area contributed by atoms with E-state index in [2.05, 4.69) is 64.8 Å². The van der Waals surface area contributed by atoms with E-state index in [0.29, 0.717) is 25.1 Å². The molecule has 4 aliphatic heterocycles. The fraction of sp³-hybridized carbons (Fsp3) is 0.344. The highest BCUT2D eigenvalue weighted by Gasteiger charge is 2.47. The first-order chi connectivity index (χ1) is 19.0. The lowest BCUT2D eigenvalue weighted by Gasteiger charge is -2.38. The smallest absolute Gasteiger partial charge is 0.255 e. The van der Waals surface area contributed by atoms with Crippen molar-refractivity contribution in [3.05, 3.63) is 89.0 Å². The molecule has 0 bridgehead atoms. The van der Waals surface area contributed by atoms with Crippen LogP contribution in [0.3, 0.4) is 0 Å². The molecule has 1 N–H and O–H groups in total. The Morgan fingerprint density at radius 3 is 2.51 bits per heavy atom. The van der Waals surface area contributed by atoms with Crippen molar-refractivity contribution in [2.45, 2.75) is 50.2 Å². The van der Waals surface area contributed by atoms with Gasteiger partial charge in [-0.2, -0.15) is 0 Å². The molecule has 39 heavy (non-hydrogen) atoms. The Balaban J connectivity index is 1.06. The van der Waals surface area contributed by atoms with Crippen LogP contribution in [0.25, 0.3) is 11.1 Å². The van der Waals surface area contributed by atoms with Crippen LogP contribution in [0.15, 0.2) is 66.7 Å². The van der Waals surface area contributed by atoms with Crippen molar-refractivity contribution >= 4 is 17.7 Å². The average Bonchev–Trinajstić information content (AvgIpc) is 3.48. The summed E-state index contributed by atoms with van der Waals surface area (Å²) in [6.07, 6.45) is 2.62. The number of piperidine rings is 2. The molecule has 0 radical (unpaired) electrons. The largest absolute Gasteiger partial charge is 0.492 e. The number of hydrogen-bond acceptors (Lipinski definition) is 5. The molecule has 1 atom stereocenters. The lowest BCUT2D eigenvalue weighted by Crippen LogP contribution is -2.52. The molecule has 7 heteroatoms. The zero-order valence-electron chi connectivity index (χ0n) is 21.8. The Bertz CT molecular complexity index is 1480. The molecule has 0 aliphatic carbocycles. The molecular formula is C32H31N3O4. The van der Waals surface area contributed by atoms with Gasteiger partial charge in [-0.25, -0.2) is 0 Å². The molecule has 3 aromatic carbocycles. The van der Waals surface area contributed by atoms with E-state index in [9.17, 15) is 14.4 Å². The summed E-state index contributed by atoms with van der Waals surface area (Å²) in [7, 11) is 0. The van der Waals surface area contributed by atoms with Crippen LogP contribution in [0.1, 0.15) is 52.7 Å². The third-order valence-electron chi connectivity index (χ3n) is 8.98. The molecule has 7 nitrogen and oxygen atoms in total. The van der Waals surface area contributed by atoms with Gasteiger partial charge in [0.25, 0.3) is 5.91 Å². The first-order valence-electron chi connectivity index (χ1n) is 13.8. The number of fused-ring (bicyclic) bond motifs is 4. The monoisotopic (exact) mass is 521 g/mol. The predicted molar refractivity (Wildman–Crippen MR) is 146 cm³/mol. The molecule has 7 rings (SSSR count). The molecule has 3 amide bonds. The second kappa shape index (κ2) is 9.35. The summed E-state index contributed by atoms with van der Waals surface area (Å²) in [6, 6.07) is 22.7. The first-order valence-corrected chi connectivity index (χ1v) is 13.8. The van der Waals surface area contributed by atoms with Crippen molar-refractivity contribution < 1.29 is 19.1 Å². The van der Waals surface area contributed by atoms with Crippen LogP contribution in [-0.4, -0.2) is 53.3 Å². The maximum absolute atomic E-state index is 13.2. The van der Waals surface area contributed by atoms with E-state index in [1.807, 2.05) is 12.1 Å². The van der Waals surface area contributed by atoms with E-state index < -0.39 is 6.04 Å². The Hall–Kier alpha value is -3.97. The van der Waals surface area contributed by atoms with Crippen LogP contribution in [0.4, 0.5) is 0 Å². The van der Waals surface area contributed by atoms with E-state index in [0.717, 1.165) is 43.8 Å². The Kier molecular flexibility index (Phi) is 5.77. The lowest BCUT2D eigenvalue weighted by atomic mass is 9.74. The Morgan fingerprint density at radius 1 is 0.923 bits per heavy atom. The normalized spacial score (nSPS) is 22.0. The minimum Gasteiger partial charge on any atom is -0.492 e. The molecule has 4 aliphatic rings. The second-order valence-corrected chi connectivity index (χ2v) is 11.3. The number of nitrogens with one attached hydrogen (secondary N) is 1. The van der Waals surface area contributed by atoms with Crippen LogP contribution in [0.5, 0.6) is 5.75 Å². The molecule has 1 unspecified atom stereocenters. The highest BCUT2D eigenvalue weighted by atomic mass is 16.5. The van der Waals surface area contributed by atoms with Gasteiger partial charge in [-0.05, 0) is 61.2 Å². The summed E-state index contributed by atoms with van der Waals surface area (Å²) in [5, 5.41) is 2.38. The second-order valence-electron chi connectivity index (χ2n) is 11.3.